The Balaban J connectivity index is 2.54. The van der Waals surface area contributed by atoms with Crippen molar-refractivity contribution in [3.05, 3.63) is 0 Å². The van der Waals surface area contributed by atoms with Crippen LogP contribution in [-0.2, 0) is 9.59 Å². The van der Waals surface area contributed by atoms with Gasteiger partial charge in [-0.05, 0) is 0 Å². The molecule has 0 aromatic heterocycles. The first kappa shape index (κ1) is 9.15. The number of hydrogen-bond donors (Lipinski definition) is 1. The molecular formula is C7H12N2O3. The van der Waals surface area contributed by atoms with Crippen molar-refractivity contribution in [1.29, 1.82) is 0 Å². The molecule has 0 unspecified atom stereocenters. The maximum absolute atomic E-state index is 11.1. The molecule has 0 saturated carbocycles. The lowest BCUT2D eigenvalue weighted by Gasteiger charge is -2.29. The van der Waals surface area contributed by atoms with E-state index >= 15 is 0 Å². The molecule has 0 spiro atoms. The second-order valence-corrected chi connectivity index (χ2v) is 2.78. The van der Waals surface area contributed by atoms with Crippen molar-refractivity contribution < 1.29 is 14.7 Å². The normalized spacial score (nSPS) is 20.3. The van der Waals surface area contributed by atoms with E-state index in [4.69, 9.17) is 5.11 Å². The number of rotatable bonds is 2. The van der Waals surface area contributed by atoms with E-state index in [2.05, 4.69) is 0 Å². The van der Waals surface area contributed by atoms with Crippen LogP contribution in [0.4, 0.5) is 0 Å². The summed E-state index contributed by atoms with van der Waals surface area (Å²) >= 11 is 0. The molecule has 0 atom stereocenters. The topological polar surface area (TPSA) is 60.9 Å². The second-order valence-electron chi connectivity index (χ2n) is 2.78. The number of carbonyl (C=O) groups excluding carboxylic acids is 2. The van der Waals surface area contributed by atoms with Crippen LogP contribution in [0.15, 0.2) is 0 Å². The molecule has 0 aromatic carbocycles. The standard InChI is InChI=1S/C7H12N2O3/c1-8-6(11)4-9(2-3-10)5-7(8)12/h10H,2-5H2,1H3. The fourth-order valence-electron chi connectivity index (χ4n) is 1.09. The summed E-state index contributed by atoms with van der Waals surface area (Å²) in [6, 6.07) is 0. The van der Waals surface area contributed by atoms with Crippen molar-refractivity contribution in [2.75, 3.05) is 33.3 Å². The van der Waals surface area contributed by atoms with Crippen LogP contribution in [0.5, 0.6) is 0 Å². The van der Waals surface area contributed by atoms with Crippen molar-refractivity contribution in [3.63, 3.8) is 0 Å². The molecule has 5 heteroatoms. The molecule has 12 heavy (non-hydrogen) atoms. The van der Waals surface area contributed by atoms with E-state index in [0.717, 1.165) is 4.90 Å². The number of hydrogen-bond acceptors (Lipinski definition) is 4. The summed E-state index contributed by atoms with van der Waals surface area (Å²) in [4.78, 5) is 24.9. The Morgan fingerprint density at radius 3 is 2.25 bits per heavy atom. The second kappa shape index (κ2) is 3.64. The van der Waals surface area contributed by atoms with Gasteiger partial charge < -0.3 is 5.11 Å². The first-order chi connectivity index (χ1) is 5.65. The quantitative estimate of drug-likeness (QED) is 0.503. The number of piperazine rings is 1. The van der Waals surface area contributed by atoms with Gasteiger partial charge in [0.15, 0.2) is 0 Å². The number of carbonyl (C=O) groups is 2. The van der Waals surface area contributed by atoms with Gasteiger partial charge in [0.05, 0.1) is 19.7 Å². The van der Waals surface area contributed by atoms with Crippen molar-refractivity contribution in [2.45, 2.75) is 0 Å². The molecule has 1 rings (SSSR count). The first-order valence-electron chi connectivity index (χ1n) is 3.77. The molecule has 0 aliphatic carbocycles. The van der Waals surface area contributed by atoms with Gasteiger partial charge in [-0.15, -0.1) is 0 Å². The summed E-state index contributed by atoms with van der Waals surface area (Å²) in [5.74, 6) is -0.417. The number of aliphatic hydroxyl groups is 1. The highest BCUT2D eigenvalue weighted by Crippen LogP contribution is 2.01. The Kier molecular flexibility index (Phi) is 2.78. The monoisotopic (exact) mass is 172 g/mol. The molecule has 5 nitrogen and oxygen atoms in total. The number of aliphatic hydroxyl groups excluding tert-OH is 1. The van der Waals surface area contributed by atoms with Crippen LogP contribution in [0.2, 0.25) is 0 Å². The highest BCUT2D eigenvalue weighted by Gasteiger charge is 2.27. The van der Waals surface area contributed by atoms with Gasteiger partial charge in [0.2, 0.25) is 11.8 Å². The Morgan fingerprint density at radius 1 is 1.33 bits per heavy atom. The van der Waals surface area contributed by atoms with Gasteiger partial charge in [-0.3, -0.25) is 19.4 Å². The average Bonchev–Trinajstić information content (AvgIpc) is 2.01. The Hall–Kier alpha value is -0.940. The zero-order valence-electron chi connectivity index (χ0n) is 6.99. The minimum atomic E-state index is -0.209. The van der Waals surface area contributed by atoms with Crippen molar-refractivity contribution in [3.8, 4) is 0 Å². The zero-order chi connectivity index (χ0) is 9.14. The summed E-state index contributed by atoms with van der Waals surface area (Å²) in [5.41, 5.74) is 0. The molecule has 0 bridgehead atoms. The van der Waals surface area contributed by atoms with Gasteiger partial charge in [-0.2, -0.15) is 0 Å². The van der Waals surface area contributed by atoms with Gasteiger partial charge >= 0.3 is 0 Å². The predicted octanol–water partition coefficient (Wildman–Crippen LogP) is -1.72. The molecule has 0 radical (unpaired) electrons. The molecule has 1 heterocycles. The molecule has 1 fully saturated rings. The highest BCUT2D eigenvalue weighted by molar-refractivity contribution is 5.99. The van der Waals surface area contributed by atoms with Crippen LogP contribution >= 0.6 is 0 Å². The van der Waals surface area contributed by atoms with Gasteiger partial charge in [0.1, 0.15) is 0 Å². The number of β-amino-alcohol motifs (C(OH)–C–C–N with tert-alkyl or cyclic N) is 1. The first-order valence-corrected chi connectivity index (χ1v) is 3.77. The van der Waals surface area contributed by atoms with Gasteiger partial charge in [-0.1, -0.05) is 0 Å². The predicted molar refractivity (Wildman–Crippen MR) is 41.3 cm³/mol. The molecule has 68 valence electrons. The van der Waals surface area contributed by atoms with Gasteiger partial charge in [0.25, 0.3) is 0 Å². The van der Waals surface area contributed by atoms with Gasteiger partial charge in [-0.25, -0.2) is 0 Å². The van der Waals surface area contributed by atoms with Crippen LogP contribution in [0.3, 0.4) is 0 Å². The largest absolute Gasteiger partial charge is 0.395 e. The molecular weight excluding hydrogens is 160 g/mol. The third-order valence-corrected chi connectivity index (χ3v) is 1.88. The lowest BCUT2D eigenvalue weighted by Crippen LogP contribution is -2.52. The number of nitrogens with zero attached hydrogens (tertiary/aromatic N) is 2. The maximum atomic E-state index is 11.1. The van der Waals surface area contributed by atoms with E-state index in [1.807, 2.05) is 0 Å². The minimum absolute atomic E-state index is 0.0235. The van der Waals surface area contributed by atoms with E-state index in [-0.39, 0.29) is 31.5 Å². The molecule has 1 aliphatic heterocycles. The third-order valence-electron chi connectivity index (χ3n) is 1.88. The molecule has 2 amide bonds. The Bertz CT molecular complexity index is 187. The van der Waals surface area contributed by atoms with Crippen molar-refractivity contribution in [1.82, 2.24) is 9.80 Å². The van der Waals surface area contributed by atoms with Crippen LogP contribution in [0.25, 0.3) is 0 Å². The van der Waals surface area contributed by atoms with Crippen LogP contribution in [0, 0.1) is 0 Å². The fourth-order valence-corrected chi connectivity index (χ4v) is 1.09. The zero-order valence-corrected chi connectivity index (χ0v) is 6.99. The summed E-state index contributed by atoms with van der Waals surface area (Å²) in [5, 5.41) is 8.58. The number of imide groups is 1. The van der Waals surface area contributed by atoms with Crippen molar-refractivity contribution in [2.24, 2.45) is 0 Å². The van der Waals surface area contributed by atoms with Crippen LogP contribution in [0.1, 0.15) is 0 Å². The summed E-state index contributed by atoms with van der Waals surface area (Å²) < 4.78 is 0. The molecule has 1 saturated heterocycles. The number of likely N-dealkylation sites (N-methyl/N-ethyl adjacent to an activating group) is 1. The average molecular weight is 172 g/mol. The van der Waals surface area contributed by atoms with E-state index in [9.17, 15) is 9.59 Å². The maximum Gasteiger partial charge on any atom is 0.243 e. The minimum Gasteiger partial charge on any atom is -0.395 e. The van der Waals surface area contributed by atoms with Gasteiger partial charge in [0, 0.05) is 13.6 Å². The molecule has 0 aromatic rings. The molecule has 1 N–H and O–H groups in total. The third kappa shape index (κ3) is 1.80. The smallest absolute Gasteiger partial charge is 0.243 e. The summed E-state index contributed by atoms with van der Waals surface area (Å²) in [7, 11) is 1.47. The Morgan fingerprint density at radius 2 is 1.83 bits per heavy atom. The van der Waals surface area contributed by atoms with Crippen LogP contribution < -0.4 is 0 Å². The Labute approximate surface area is 70.6 Å². The van der Waals surface area contributed by atoms with E-state index < -0.39 is 0 Å². The molecule has 1 aliphatic rings. The lowest BCUT2D eigenvalue weighted by atomic mass is 10.3. The van der Waals surface area contributed by atoms with E-state index in [0.29, 0.717) is 6.54 Å². The highest BCUT2D eigenvalue weighted by atomic mass is 16.3. The van der Waals surface area contributed by atoms with E-state index in [1.165, 1.54) is 7.05 Å². The van der Waals surface area contributed by atoms with Crippen LogP contribution in [-0.4, -0.2) is 60.0 Å². The summed E-state index contributed by atoms with van der Waals surface area (Å²) in [6.45, 7) is 0.807. The van der Waals surface area contributed by atoms with E-state index in [1.54, 1.807) is 4.90 Å². The SMILES string of the molecule is CN1C(=O)CN(CCO)CC1=O. The summed E-state index contributed by atoms with van der Waals surface area (Å²) in [6.07, 6.45) is 0. The fraction of sp³-hybridized carbons (Fsp3) is 0.714. The van der Waals surface area contributed by atoms with Crippen molar-refractivity contribution >= 4 is 11.8 Å². The number of amides is 2. The lowest BCUT2D eigenvalue weighted by molar-refractivity contribution is -0.149.